The van der Waals surface area contributed by atoms with Gasteiger partial charge in [-0.3, -0.25) is 4.98 Å². The Morgan fingerprint density at radius 3 is 2.86 bits per heavy atom. The van der Waals surface area contributed by atoms with Gasteiger partial charge in [-0.05, 0) is 31.2 Å². The van der Waals surface area contributed by atoms with Crippen LogP contribution in [-0.4, -0.2) is 18.1 Å². The summed E-state index contributed by atoms with van der Waals surface area (Å²) in [5.41, 5.74) is 1.77. The standard InChI is InChI=1S/C17H21FN2O/c1-3-20-13(2)16-7-6-15(11-17(16)18)21-10-8-14-5-4-9-19-12-14/h4-7,9,11-13,20H,3,8,10H2,1-2H3. The van der Waals surface area contributed by atoms with E-state index in [0.29, 0.717) is 17.9 Å². The van der Waals surface area contributed by atoms with Gasteiger partial charge in [0.1, 0.15) is 11.6 Å². The Kier molecular flexibility index (Phi) is 5.69. The summed E-state index contributed by atoms with van der Waals surface area (Å²) in [4.78, 5) is 4.05. The van der Waals surface area contributed by atoms with Crippen molar-refractivity contribution in [1.82, 2.24) is 10.3 Å². The number of nitrogens with zero attached hydrogens (tertiary/aromatic N) is 1. The van der Waals surface area contributed by atoms with Crippen LogP contribution in [0.2, 0.25) is 0 Å². The smallest absolute Gasteiger partial charge is 0.131 e. The van der Waals surface area contributed by atoms with E-state index in [9.17, 15) is 4.39 Å². The maximum Gasteiger partial charge on any atom is 0.131 e. The molecule has 0 aliphatic rings. The number of ether oxygens (including phenoxy) is 1. The third-order valence-electron chi connectivity index (χ3n) is 3.33. The monoisotopic (exact) mass is 288 g/mol. The predicted octanol–water partition coefficient (Wildman–Crippen LogP) is 3.51. The predicted molar refractivity (Wildman–Crippen MR) is 81.9 cm³/mol. The van der Waals surface area contributed by atoms with E-state index in [1.165, 1.54) is 6.07 Å². The van der Waals surface area contributed by atoms with Crippen molar-refractivity contribution in [1.29, 1.82) is 0 Å². The van der Waals surface area contributed by atoms with E-state index in [0.717, 1.165) is 18.5 Å². The molecular weight excluding hydrogens is 267 g/mol. The van der Waals surface area contributed by atoms with Crippen molar-refractivity contribution in [3.05, 3.63) is 59.7 Å². The molecule has 0 fully saturated rings. The number of rotatable bonds is 7. The maximum atomic E-state index is 14.0. The SMILES string of the molecule is CCNC(C)c1ccc(OCCc2cccnc2)cc1F. The number of nitrogens with one attached hydrogen (secondary N) is 1. The average molecular weight is 288 g/mol. The lowest BCUT2D eigenvalue weighted by molar-refractivity contribution is 0.319. The van der Waals surface area contributed by atoms with Crippen LogP contribution in [0.15, 0.2) is 42.7 Å². The molecule has 2 rings (SSSR count). The van der Waals surface area contributed by atoms with E-state index in [1.54, 1.807) is 12.3 Å². The first-order chi connectivity index (χ1) is 10.2. The summed E-state index contributed by atoms with van der Waals surface area (Å²) in [7, 11) is 0. The second kappa shape index (κ2) is 7.74. The summed E-state index contributed by atoms with van der Waals surface area (Å²) in [5, 5.41) is 3.20. The lowest BCUT2D eigenvalue weighted by Gasteiger charge is -2.14. The highest BCUT2D eigenvalue weighted by Crippen LogP contribution is 2.22. The minimum atomic E-state index is -0.234. The summed E-state index contributed by atoms with van der Waals surface area (Å²) in [6.07, 6.45) is 4.31. The molecule has 1 heterocycles. The molecule has 1 atom stereocenters. The molecule has 1 aromatic heterocycles. The Hall–Kier alpha value is -1.94. The fourth-order valence-electron chi connectivity index (χ4n) is 2.20. The minimum Gasteiger partial charge on any atom is -0.493 e. The van der Waals surface area contributed by atoms with Gasteiger partial charge in [0.25, 0.3) is 0 Å². The second-order valence-corrected chi connectivity index (χ2v) is 4.92. The molecule has 0 radical (unpaired) electrons. The van der Waals surface area contributed by atoms with Gasteiger partial charge in [-0.25, -0.2) is 4.39 Å². The Morgan fingerprint density at radius 2 is 2.19 bits per heavy atom. The highest BCUT2D eigenvalue weighted by Gasteiger charge is 2.10. The Labute approximate surface area is 125 Å². The van der Waals surface area contributed by atoms with Crippen molar-refractivity contribution in [2.75, 3.05) is 13.2 Å². The third kappa shape index (κ3) is 4.53. The fraction of sp³-hybridized carbons (Fsp3) is 0.353. The molecule has 112 valence electrons. The zero-order valence-electron chi connectivity index (χ0n) is 12.5. The fourth-order valence-corrected chi connectivity index (χ4v) is 2.20. The number of pyridine rings is 1. The minimum absolute atomic E-state index is 0.000516. The number of hydrogen-bond acceptors (Lipinski definition) is 3. The van der Waals surface area contributed by atoms with Gasteiger partial charge < -0.3 is 10.1 Å². The Morgan fingerprint density at radius 1 is 1.33 bits per heavy atom. The first-order valence-corrected chi connectivity index (χ1v) is 7.25. The number of hydrogen-bond donors (Lipinski definition) is 1. The second-order valence-electron chi connectivity index (χ2n) is 4.92. The molecule has 0 spiro atoms. The average Bonchev–Trinajstić information content (AvgIpc) is 2.48. The van der Waals surface area contributed by atoms with Crippen LogP contribution in [0.3, 0.4) is 0 Å². The van der Waals surface area contributed by atoms with E-state index in [1.807, 2.05) is 38.2 Å². The third-order valence-corrected chi connectivity index (χ3v) is 3.33. The first-order valence-electron chi connectivity index (χ1n) is 7.25. The van der Waals surface area contributed by atoms with Gasteiger partial charge in [-0.2, -0.15) is 0 Å². The van der Waals surface area contributed by atoms with E-state index >= 15 is 0 Å². The van der Waals surface area contributed by atoms with Crippen molar-refractivity contribution < 1.29 is 9.13 Å². The molecule has 0 saturated carbocycles. The van der Waals surface area contributed by atoms with E-state index in [4.69, 9.17) is 4.74 Å². The van der Waals surface area contributed by atoms with Crippen LogP contribution >= 0.6 is 0 Å². The number of halogens is 1. The van der Waals surface area contributed by atoms with E-state index in [2.05, 4.69) is 10.3 Å². The summed E-state index contributed by atoms with van der Waals surface area (Å²) < 4.78 is 19.6. The molecule has 1 aromatic carbocycles. The van der Waals surface area contributed by atoms with Crippen molar-refractivity contribution in [3.8, 4) is 5.75 Å². The number of aromatic nitrogens is 1. The molecule has 1 unspecified atom stereocenters. The summed E-state index contributed by atoms with van der Waals surface area (Å²) >= 11 is 0. The Bertz CT molecular complexity index is 560. The summed E-state index contributed by atoms with van der Waals surface area (Å²) in [5.74, 6) is 0.325. The highest BCUT2D eigenvalue weighted by atomic mass is 19.1. The molecule has 4 heteroatoms. The van der Waals surface area contributed by atoms with E-state index in [-0.39, 0.29) is 11.9 Å². The van der Waals surface area contributed by atoms with Crippen LogP contribution in [0.25, 0.3) is 0 Å². The van der Waals surface area contributed by atoms with Crippen LogP contribution in [-0.2, 0) is 6.42 Å². The molecule has 0 bridgehead atoms. The van der Waals surface area contributed by atoms with Crippen LogP contribution < -0.4 is 10.1 Å². The van der Waals surface area contributed by atoms with Crippen LogP contribution in [0.1, 0.15) is 31.0 Å². The van der Waals surface area contributed by atoms with Crippen LogP contribution in [0.5, 0.6) is 5.75 Å². The lowest BCUT2D eigenvalue weighted by Crippen LogP contribution is -2.18. The summed E-state index contributed by atoms with van der Waals surface area (Å²) in [6.45, 7) is 5.27. The zero-order valence-corrected chi connectivity index (χ0v) is 12.5. The topological polar surface area (TPSA) is 34.1 Å². The molecule has 0 amide bonds. The van der Waals surface area contributed by atoms with Crippen molar-refractivity contribution in [2.45, 2.75) is 26.3 Å². The van der Waals surface area contributed by atoms with Crippen molar-refractivity contribution in [3.63, 3.8) is 0 Å². The summed E-state index contributed by atoms with van der Waals surface area (Å²) in [6, 6.07) is 8.94. The lowest BCUT2D eigenvalue weighted by atomic mass is 10.1. The van der Waals surface area contributed by atoms with Crippen LogP contribution in [0, 0.1) is 5.82 Å². The largest absolute Gasteiger partial charge is 0.493 e. The molecule has 0 aliphatic carbocycles. The molecule has 3 nitrogen and oxygen atoms in total. The van der Waals surface area contributed by atoms with Gasteiger partial charge in [0.15, 0.2) is 0 Å². The first kappa shape index (κ1) is 15.4. The van der Waals surface area contributed by atoms with Crippen LogP contribution in [0.4, 0.5) is 4.39 Å². The molecule has 0 aliphatic heterocycles. The maximum absolute atomic E-state index is 14.0. The van der Waals surface area contributed by atoms with Gasteiger partial charge in [0, 0.05) is 36.5 Å². The molecular formula is C17H21FN2O. The highest BCUT2D eigenvalue weighted by molar-refractivity contribution is 5.30. The van der Waals surface area contributed by atoms with Gasteiger partial charge in [-0.15, -0.1) is 0 Å². The number of benzene rings is 1. The zero-order chi connectivity index (χ0) is 15.1. The molecule has 21 heavy (non-hydrogen) atoms. The van der Waals surface area contributed by atoms with Crippen molar-refractivity contribution in [2.24, 2.45) is 0 Å². The van der Waals surface area contributed by atoms with Gasteiger partial charge in [0.05, 0.1) is 6.61 Å². The Balaban J connectivity index is 1.91. The molecule has 1 N–H and O–H groups in total. The normalized spacial score (nSPS) is 12.1. The van der Waals surface area contributed by atoms with E-state index < -0.39 is 0 Å². The van der Waals surface area contributed by atoms with Gasteiger partial charge in [-0.1, -0.05) is 19.1 Å². The van der Waals surface area contributed by atoms with Gasteiger partial charge in [0.2, 0.25) is 0 Å². The molecule has 2 aromatic rings. The van der Waals surface area contributed by atoms with Gasteiger partial charge >= 0.3 is 0 Å². The van der Waals surface area contributed by atoms with Crippen molar-refractivity contribution >= 4 is 0 Å². The molecule has 0 saturated heterocycles. The quantitative estimate of drug-likeness (QED) is 0.846.